The highest BCUT2D eigenvalue weighted by Crippen LogP contribution is 2.38. The monoisotopic (exact) mass is 403 g/mol. The lowest BCUT2D eigenvalue weighted by molar-refractivity contribution is -0.274. The van der Waals surface area contributed by atoms with Crippen molar-refractivity contribution in [3.05, 3.63) is 59.7 Å². The van der Waals surface area contributed by atoms with Crippen LogP contribution in [-0.2, 0) is 15.8 Å². The zero-order valence-corrected chi connectivity index (χ0v) is 13.8. The van der Waals surface area contributed by atoms with Gasteiger partial charge in [0.25, 0.3) is 5.91 Å². The maximum atomic E-state index is 12.7. The van der Waals surface area contributed by atoms with Crippen molar-refractivity contribution in [2.75, 3.05) is 4.90 Å². The average Bonchev–Trinajstić information content (AvgIpc) is 2.88. The van der Waals surface area contributed by atoms with Crippen molar-refractivity contribution < 1.29 is 40.7 Å². The lowest BCUT2D eigenvalue weighted by atomic mass is 10.0. The van der Waals surface area contributed by atoms with Crippen LogP contribution < -0.4 is 9.64 Å². The van der Waals surface area contributed by atoms with Crippen LogP contribution in [0.1, 0.15) is 23.6 Å². The number of hydrogen-bond donors (Lipinski definition) is 0. The Labute approximate surface area is 154 Å². The van der Waals surface area contributed by atoms with E-state index in [2.05, 4.69) is 4.74 Å². The molecule has 1 amide bonds. The molecule has 4 nitrogen and oxygen atoms in total. The van der Waals surface area contributed by atoms with Gasteiger partial charge in [0.15, 0.2) is 0 Å². The number of nitrogens with zero attached hydrogens (tertiary/aromatic N) is 1. The van der Waals surface area contributed by atoms with E-state index in [4.69, 9.17) is 0 Å². The molecule has 10 heteroatoms. The van der Waals surface area contributed by atoms with Crippen molar-refractivity contribution in [1.29, 1.82) is 0 Å². The van der Waals surface area contributed by atoms with E-state index >= 15 is 0 Å². The van der Waals surface area contributed by atoms with E-state index in [1.807, 2.05) is 0 Å². The Morgan fingerprint density at radius 1 is 0.929 bits per heavy atom. The van der Waals surface area contributed by atoms with Crippen LogP contribution in [0, 0.1) is 0 Å². The van der Waals surface area contributed by atoms with Gasteiger partial charge in [0.05, 0.1) is 11.6 Å². The number of alkyl halides is 6. The molecule has 1 heterocycles. The normalized spacial score (nSPS) is 17.9. The van der Waals surface area contributed by atoms with Crippen LogP contribution in [0.15, 0.2) is 48.5 Å². The van der Waals surface area contributed by atoms with Gasteiger partial charge in [0.2, 0.25) is 5.78 Å². The topological polar surface area (TPSA) is 46.6 Å². The number of anilines is 1. The fourth-order valence-electron chi connectivity index (χ4n) is 2.92. The third kappa shape index (κ3) is 4.10. The molecule has 1 unspecified atom stereocenters. The largest absolute Gasteiger partial charge is 0.573 e. The van der Waals surface area contributed by atoms with Gasteiger partial charge in [-0.25, -0.2) is 0 Å². The molecule has 0 aliphatic carbocycles. The van der Waals surface area contributed by atoms with E-state index in [0.717, 1.165) is 41.3 Å². The third-order valence-electron chi connectivity index (χ3n) is 4.10. The summed E-state index contributed by atoms with van der Waals surface area (Å²) in [5, 5.41) is 0. The average molecular weight is 403 g/mol. The van der Waals surface area contributed by atoms with E-state index in [1.165, 1.54) is 12.1 Å². The molecule has 0 radical (unpaired) electrons. The van der Waals surface area contributed by atoms with Crippen LogP contribution in [0.25, 0.3) is 0 Å². The van der Waals surface area contributed by atoms with E-state index in [1.54, 1.807) is 0 Å². The van der Waals surface area contributed by atoms with Crippen molar-refractivity contribution in [1.82, 2.24) is 0 Å². The van der Waals surface area contributed by atoms with Gasteiger partial charge in [-0.05, 0) is 42.0 Å². The van der Waals surface area contributed by atoms with Crippen molar-refractivity contribution in [2.45, 2.75) is 25.0 Å². The highest BCUT2D eigenvalue weighted by molar-refractivity contribution is 6.44. The van der Waals surface area contributed by atoms with E-state index in [9.17, 15) is 35.9 Å². The molecule has 2 aromatic carbocycles. The molecule has 28 heavy (non-hydrogen) atoms. The van der Waals surface area contributed by atoms with Crippen molar-refractivity contribution >= 4 is 17.4 Å². The molecular formula is C18H11F6NO3. The van der Waals surface area contributed by atoms with Gasteiger partial charge in [0.1, 0.15) is 5.75 Å². The Balaban J connectivity index is 1.95. The van der Waals surface area contributed by atoms with Crippen molar-refractivity contribution in [2.24, 2.45) is 0 Å². The summed E-state index contributed by atoms with van der Waals surface area (Å²) in [4.78, 5) is 25.1. The molecule has 1 atom stereocenters. The van der Waals surface area contributed by atoms with Gasteiger partial charge in [-0.2, -0.15) is 13.2 Å². The highest BCUT2D eigenvalue weighted by Gasteiger charge is 2.41. The van der Waals surface area contributed by atoms with Crippen LogP contribution in [0.5, 0.6) is 5.75 Å². The van der Waals surface area contributed by atoms with Crippen LogP contribution in [0.3, 0.4) is 0 Å². The molecule has 3 rings (SSSR count). The fraction of sp³-hybridized carbons (Fsp3) is 0.222. The minimum Gasteiger partial charge on any atom is -0.406 e. The second-order valence-electron chi connectivity index (χ2n) is 5.98. The summed E-state index contributed by atoms with van der Waals surface area (Å²) < 4.78 is 79.2. The smallest absolute Gasteiger partial charge is 0.406 e. The third-order valence-corrected chi connectivity index (χ3v) is 4.10. The van der Waals surface area contributed by atoms with Crippen LogP contribution >= 0.6 is 0 Å². The SMILES string of the molecule is O=C1CC(c2cccc(OC(F)(F)F)c2)N(c2ccc(C(F)(F)F)cc2)C1=O. The maximum absolute atomic E-state index is 12.7. The summed E-state index contributed by atoms with van der Waals surface area (Å²) in [5.41, 5.74) is -0.733. The molecule has 148 valence electrons. The Morgan fingerprint density at radius 2 is 1.57 bits per heavy atom. The van der Waals surface area contributed by atoms with Gasteiger partial charge in [-0.3, -0.25) is 14.5 Å². The number of ether oxygens (including phenoxy) is 1. The van der Waals surface area contributed by atoms with Crippen LogP contribution in [0.4, 0.5) is 32.0 Å². The Hall–Kier alpha value is -3.04. The first-order valence-electron chi connectivity index (χ1n) is 7.85. The number of Topliss-reactive ketones (excluding diaryl/α,β-unsaturated/α-hetero) is 1. The quantitative estimate of drug-likeness (QED) is 0.554. The molecule has 0 bridgehead atoms. The highest BCUT2D eigenvalue weighted by atomic mass is 19.4. The van der Waals surface area contributed by atoms with Crippen molar-refractivity contribution in [3.8, 4) is 5.75 Å². The Bertz CT molecular complexity index is 905. The van der Waals surface area contributed by atoms with Gasteiger partial charge < -0.3 is 4.74 Å². The molecule has 1 saturated heterocycles. The van der Waals surface area contributed by atoms with Crippen LogP contribution in [-0.4, -0.2) is 18.1 Å². The standard InChI is InChI=1S/C18H11F6NO3/c19-17(20,21)11-4-6-12(7-5-11)25-14(9-15(26)16(25)27)10-2-1-3-13(8-10)28-18(22,23)24/h1-8,14H,9H2. The molecule has 1 aliphatic heterocycles. The predicted octanol–water partition coefficient (Wildman–Crippen LogP) is 4.65. The second kappa shape index (κ2) is 6.84. The molecule has 2 aromatic rings. The summed E-state index contributed by atoms with van der Waals surface area (Å²) in [6, 6.07) is 7.35. The number of benzene rings is 2. The number of hydrogen-bond acceptors (Lipinski definition) is 3. The predicted molar refractivity (Wildman–Crippen MR) is 84.4 cm³/mol. The van der Waals surface area contributed by atoms with Gasteiger partial charge in [-0.1, -0.05) is 12.1 Å². The summed E-state index contributed by atoms with van der Waals surface area (Å²) >= 11 is 0. The Kier molecular flexibility index (Phi) is 4.82. The maximum Gasteiger partial charge on any atom is 0.573 e. The first-order valence-corrected chi connectivity index (χ1v) is 7.85. The molecule has 0 saturated carbocycles. The fourth-order valence-corrected chi connectivity index (χ4v) is 2.92. The lowest BCUT2D eigenvalue weighted by Gasteiger charge is -2.25. The van der Waals surface area contributed by atoms with E-state index < -0.39 is 41.6 Å². The van der Waals surface area contributed by atoms with E-state index in [-0.39, 0.29) is 17.7 Å². The molecule has 1 fully saturated rings. The minimum atomic E-state index is -4.92. The number of rotatable bonds is 3. The van der Waals surface area contributed by atoms with E-state index in [0.29, 0.717) is 0 Å². The first kappa shape index (κ1) is 19.7. The zero-order valence-electron chi connectivity index (χ0n) is 13.8. The summed E-state index contributed by atoms with van der Waals surface area (Å²) in [7, 11) is 0. The summed E-state index contributed by atoms with van der Waals surface area (Å²) in [6.07, 6.45) is -9.82. The molecule has 0 spiro atoms. The molecule has 1 aliphatic rings. The molecular weight excluding hydrogens is 392 g/mol. The Morgan fingerprint density at radius 3 is 2.14 bits per heavy atom. The zero-order chi connectivity index (χ0) is 20.7. The van der Waals surface area contributed by atoms with Crippen LogP contribution in [0.2, 0.25) is 0 Å². The number of carbonyl (C=O) groups is 2. The summed E-state index contributed by atoms with van der Waals surface area (Å²) in [5.74, 6) is -2.29. The van der Waals surface area contributed by atoms with Gasteiger partial charge >= 0.3 is 12.5 Å². The van der Waals surface area contributed by atoms with Crippen molar-refractivity contribution in [3.63, 3.8) is 0 Å². The minimum absolute atomic E-state index is 0.0241. The first-order chi connectivity index (χ1) is 13.0. The lowest BCUT2D eigenvalue weighted by Crippen LogP contribution is -2.29. The number of amides is 1. The molecule has 0 aromatic heterocycles. The number of carbonyl (C=O) groups excluding carboxylic acids is 2. The number of ketones is 1. The van der Waals surface area contributed by atoms with Gasteiger partial charge in [0, 0.05) is 12.1 Å². The molecule has 0 N–H and O–H groups in total. The summed E-state index contributed by atoms with van der Waals surface area (Å²) in [6.45, 7) is 0. The number of halogens is 6. The second-order valence-corrected chi connectivity index (χ2v) is 5.98. The van der Waals surface area contributed by atoms with Gasteiger partial charge in [-0.15, -0.1) is 13.2 Å².